The number of carbonyl (C=O) groups is 1. The van der Waals surface area contributed by atoms with E-state index in [4.69, 9.17) is 4.74 Å². The van der Waals surface area contributed by atoms with Gasteiger partial charge in [0.15, 0.2) is 0 Å². The first-order chi connectivity index (χ1) is 15.0. The largest absolute Gasteiger partial charge is 0.392 e. The zero-order chi connectivity index (χ0) is 21.8. The Hall–Kier alpha value is -3.03. The van der Waals surface area contributed by atoms with Crippen LogP contribution in [0.25, 0.3) is 11.1 Å². The van der Waals surface area contributed by atoms with E-state index in [-0.39, 0.29) is 24.4 Å². The Morgan fingerprint density at radius 2 is 2.03 bits per heavy atom. The van der Waals surface area contributed by atoms with Crippen molar-refractivity contribution in [1.29, 1.82) is 0 Å². The van der Waals surface area contributed by atoms with Crippen molar-refractivity contribution in [3.8, 4) is 11.1 Å². The summed E-state index contributed by atoms with van der Waals surface area (Å²) in [6, 6.07) is 12.2. The molecule has 4 rings (SSSR count). The summed E-state index contributed by atoms with van der Waals surface area (Å²) in [5.74, 6) is -0.479. The lowest BCUT2D eigenvalue weighted by Gasteiger charge is -2.34. The minimum atomic E-state index is -0.340. The Bertz CT molecular complexity index is 1060. The fraction of sp³-hybridized carbons (Fsp3) is 0.333. The van der Waals surface area contributed by atoms with Gasteiger partial charge in [-0.25, -0.2) is 9.37 Å². The Labute approximate surface area is 180 Å². The molecule has 6 nitrogen and oxygen atoms in total. The number of aliphatic hydroxyl groups is 1. The standard InChI is InChI=1S/C24H26FN3O3/c1-27-14-23(26-16-27)24(30)28(20-7-9-31-10-8-20)13-17-5-6-22(25)21(12-17)19-4-2-3-18(11-19)15-29/h2-6,11-12,14,16,20,29H,7-10,13,15H2,1H3. The van der Waals surface area contributed by atoms with Gasteiger partial charge in [0.25, 0.3) is 5.91 Å². The molecule has 0 saturated carbocycles. The summed E-state index contributed by atoms with van der Waals surface area (Å²) in [6.45, 7) is 1.47. The summed E-state index contributed by atoms with van der Waals surface area (Å²) in [5.41, 5.74) is 3.09. The second-order valence-electron chi connectivity index (χ2n) is 7.87. The predicted molar refractivity (Wildman–Crippen MR) is 115 cm³/mol. The van der Waals surface area contributed by atoms with E-state index in [0.29, 0.717) is 36.6 Å². The van der Waals surface area contributed by atoms with E-state index in [2.05, 4.69) is 4.98 Å². The van der Waals surface area contributed by atoms with Crippen molar-refractivity contribution in [2.24, 2.45) is 7.05 Å². The molecule has 3 aromatic rings. The highest BCUT2D eigenvalue weighted by molar-refractivity contribution is 5.92. The third-order valence-electron chi connectivity index (χ3n) is 5.62. The first-order valence-electron chi connectivity index (χ1n) is 10.4. The number of benzene rings is 2. The number of aromatic nitrogens is 2. The number of hydrogen-bond donors (Lipinski definition) is 1. The molecule has 1 saturated heterocycles. The smallest absolute Gasteiger partial charge is 0.274 e. The summed E-state index contributed by atoms with van der Waals surface area (Å²) in [6.07, 6.45) is 4.83. The van der Waals surface area contributed by atoms with Crippen LogP contribution in [0, 0.1) is 5.82 Å². The highest BCUT2D eigenvalue weighted by Crippen LogP contribution is 2.27. The Kier molecular flexibility index (Phi) is 6.44. The maximum atomic E-state index is 14.6. The van der Waals surface area contributed by atoms with Crippen molar-refractivity contribution >= 4 is 5.91 Å². The summed E-state index contributed by atoms with van der Waals surface area (Å²) in [4.78, 5) is 19.3. The zero-order valence-corrected chi connectivity index (χ0v) is 17.5. The minimum absolute atomic E-state index is 0.0366. The summed E-state index contributed by atoms with van der Waals surface area (Å²) >= 11 is 0. The van der Waals surface area contributed by atoms with Gasteiger partial charge in [0, 0.05) is 44.6 Å². The molecule has 0 atom stereocenters. The molecule has 0 unspecified atom stereocenters. The second-order valence-corrected chi connectivity index (χ2v) is 7.87. The average molecular weight is 423 g/mol. The van der Waals surface area contributed by atoms with Gasteiger partial charge in [0.2, 0.25) is 0 Å². The number of carbonyl (C=O) groups excluding carboxylic acids is 1. The molecule has 1 aromatic heterocycles. The molecule has 0 bridgehead atoms. The molecule has 162 valence electrons. The Morgan fingerprint density at radius 1 is 1.23 bits per heavy atom. The molecule has 7 heteroatoms. The lowest BCUT2D eigenvalue weighted by Crippen LogP contribution is -2.43. The first-order valence-corrected chi connectivity index (χ1v) is 10.4. The van der Waals surface area contributed by atoms with E-state index >= 15 is 0 Å². The number of nitrogens with zero attached hydrogens (tertiary/aromatic N) is 3. The van der Waals surface area contributed by atoms with E-state index in [0.717, 1.165) is 24.0 Å². The molecule has 0 spiro atoms. The van der Waals surface area contributed by atoms with Crippen molar-refractivity contribution < 1.29 is 19.0 Å². The highest BCUT2D eigenvalue weighted by Gasteiger charge is 2.28. The fourth-order valence-corrected chi connectivity index (χ4v) is 3.96. The van der Waals surface area contributed by atoms with Gasteiger partial charge in [-0.3, -0.25) is 4.79 Å². The van der Waals surface area contributed by atoms with Crippen LogP contribution in [0.2, 0.25) is 0 Å². The molecular formula is C24H26FN3O3. The quantitative estimate of drug-likeness (QED) is 0.659. The van der Waals surface area contributed by atoms with E-state index < -0.39 is 0 Å². The Balaban J connectivity index is 1.65. The topological polar surface area (TPSA) is 67.6 Å². The van der Waals surface area contributed by atoms with Crippen LogP contribution in [-0.4, -0.2) is 44.7 Å². The summed E-state index contributed by atoms with van der Waals surface area (Å²) in [7, 11) is 1.83. The van der Waals surface area contributed by atoms with Gasteiger partial charge in [-0.2, -0.15) is 0 Å². The van der Waals surface area contributed by atoms with Gasteiger partial charge in [0.1, 0.15) is 11.5 Å². The Morgan fingerprint density at radius 3 is 2.74 bits per heavy atom. The van der Waals surface area contributed by atoms with Crippen LogP contribution in [0.1, 0.15) is 34.5 Å². The molecule has 2 aromatic carbocycles. The van der Waals surface area contributed by atoms with Crippen LogP contribution in [0.15, 0.2) is 55.0 Å². The highest BCUT2D eigenvalue weighted by atomic mass is 19.1. The molecule has 0 aliphatic carbocycles. The molecule has 0 radical (unpaired) electrons. The first kappa shape index (κ1) is 21.2. The van der Waals surface area contributed by atoms with Gasteiger partial charge >= 0.3 is 0 Å². The van der Waals surface area contributed by atoms with Crippen LogP contribution >= 0.6 is 0 Å². The van der Waals surface area contributed by atoms with E-state index in [1.807, 2.05) is 18.0 Å². The number of rotatable bonds is 6. The number of aliphatic hydroxyl groups excluding tert-OH is 1. The number of ether oxygens (including phenoxy) is 1. The maximum Gasteiger partial charge on any atom is 0.274 e. The molecule has 2 heterocycles. The van der Waals surface area contributed by atoms with Crippen molar-refractivity contribution in [3.05, 3.63) is 77.6 Å². The molecule has 31 heavy (non-hydrogen) atoms. The van der Waals surface area contributed by atoms with Crippen LogP contribution in [0.5, 0.6) is 0 Å². The fourth-order valence-electron chi connectivity index (χ4n) is 3.96. The van der Waals surface area contributed by atoms with E-state index in [9.17, 15) is 14.3 Å². The second kappa shape index (κ2) is 9.41. The third-order valence-corrected chi connectivity index (χ3v) is 5.62. The number of imidazole rings is 1. The van der Waals surface area contributed by atoms with Crippen molar-refractivity contribution in [3.63, 3.8) is 0 Å². The third kappa shape index (κ3) is 4.84. The van der Waals surface area contributed by atoms with Gasteiger partial charge < -0.3 is 19.3 Å². The van der Waals surface area contributed by atoms with E-state index in [1.165, 1.54) is 6.07 Å². The maximum absolute atomic E-state index is 14.6. The van der Waals surface area contributed by atoms with Gasteiger partial charge in [-0.15, -0.1) is 0 Å². The monoisotopic (exact) mass is 423 g/mol. The zero-order valence-electron chi connectivity index (χ0n) is 17.5. The molecule has 1 fully saturated rings. The van der Waals surface area contributed by atoms with Gasteiger partial charge in [-0.1, -0.05) is 24.3 Å². The lowest BCUT2D eigenvalue weighted by molar-refractivity contribution is 0.0264. The number of amides is 1. The molecular weight excluding hydrogens is 397 g/mol. The molecule has 1 aliphatic heterocycles. The number of aryl methyl sites for hydroxylation is 1. The number of halogens is 1. The lowest BCUT2D eigenvalue weighted by atomic mass is 9.99. The normalized spacial score (nSPS) is 14.5. The summed E-state index contributed by atoms with van der Waals surface area (Å²) < 4.78 is 21.9. The molecule has 1 aliphatic rings. The van der Waals surface area contributed by atoms with Gasteiger partial charge in [-0.05, 0) is 47.7 Å². The predicted octanol–water partition coefficient (Wildman–Crippen LogP) is 3.54. The van der Waals surface area contributed by atoms with Crippen molar-refractivity contribution in [2.45, 2.75) is 32.0 Å². The molecule has 1 N–H and O–H groups in total. The van der Waals surface area contributed by atoms with Crippen LogP contribution in [0.3, 0.4) is 0 Å². The van der Waals surface area contributed by atoms with Crippen molar-refractivity contribution in [2.75, 3.05) is 13.2 Å². The number of hydrogen-bond acceptors (Lipinski definition) is 4. The van der Waals surface area contributed by atoms with E-state index in [1.54, 1.807) is 47.4 Å². The summed E-state index contributed by atoms with van der Waals surface area (Å²) in [5, 5.41) is 9.41. The molecule has 1 amide bonds. The SMILES string of the molecule is Cn1cnc(C(=O)N(Cc2ccc(F)c(-c3cccc(CO)c3)c2)C2CCOCC2)c1. The van der Waals surface area contributed by atoms with Crippen molar-refractivity contribution in [1.82, 2.24) is 14.5 Å². The van der Waals surface area contributed by atoms with Gasteiger partial charge in [0.05, 0.1) is 12.9 Å². The van der Waals surface area contributed by atoms with Crippen LogP contribution < -0.4 is 0 Å². The minimum Gasteiger partial charge on any atom is -0.392 e. The van der Waals surface area contributed by atoms with Crippen LogP contribution in [-0.2, 0) is 24.9 Å². The van der Waals surface area contributed by atoms with Crippen LogP contribution in [0.4, 0.5) is 4.39 Å². The average Bonchev–Trinajstić information content (AvgIpc) is 3.25.